The highest BCUT2D eigenvalue weighted by molar-refractivity contribution is 7.13. The molecule has 1 aliphatic rings. The largest absolute Gasteiger partial charge is 0.392 e. The Labute approximate surface area is 147 Å². The minimum atomic E-state index is -0.228. The van der Waals surface area contributed by atoms with Crippen molar-refractivity contribution < 1.29 is 9.63 Å². The lowest BCUT2D eigenvalue weighted by atomic mass is 9.96. The minimum absolute atomic E-state index is 0.228. The predicted octanol–water partition coefficient (Wildman–Crippen LogP) is 2.93. The highest BCUT2D eigenvalue weighted by atomic mass is 32.1. The molecule has 132 valence electrons. The van der Waals surface area contributed by atoms with Crippen molar-refractivity contribution in [2.45, 2.75) is 32.4 Å². The lowest BCUT2D eigenvalue weighted by Gasteiger charge is -2.34. The van der Waals surface area contributed by atoms with E-state index in [1.165, 1.54) is 12.8 Å². The summed E-state index contributed by atoms with van der Waals surface area (Å²) in [5.74, 6) is 1.59. The molecular weight excluding hydrogens is 322 g/mol. The molecule has 0 bridgehead atoms. The van der Waals surface area contributed by atoms with E-state index in [-0.39, 0.29) is 6.10 Å². The molecule has 5 nitrogen and oxygen atoms in total. The molecular formula is C18H27N3O2S. The molecule has 0 aromatic carbocycles. The summed E-state index contributed by atoms with van der Waals surface area (Å²) < 4.78 is 5.45. The van der Waals surface area contributed by atoms with Crippen LogP contribution < -0.4 is 0 Å². The first kappa shape index (κ1) is 17.6. The molecule has 0 saturated carbocycles. The fourth-order valence-electron chi connectivity index (χ4n) is 3.43. The van der Waals surface area contributed by atoms with Gasteiger partial charge in [-0.05, 0) is 57.3 Å². The van der Waals surface area contributed by atoms with Crippen LogP contribution in [0.5, 0.6) is 0 Å². The normalized spacial score (nSPS) is 18.3. The van der Waals surface area contributed by atoms with Crippen LogP contribution in [0, 0.1) is 5.92 Å². The molecule has 2 aromatic heterocycles. The number of hydrogen-bond acceptors (Lipinski definition) is 6. The summed E-state index contributed by atoms with van der Waals surface area (Å²) in [6, 6.07) is 6.13. The number of likely N-dealkylation sites (tertiary alicyclic amines) is 1. The number of nitrogens with zero attached hydrogens (tertiary/aromatic N) is 3. The Bertz CT molecular complexity index is 604. The van der Waals surface area contributed by atoms with Crippen molar-refractivity contribution in [3.05, 3.63) is 29.3 Å². The molecule has 0 aliphatic carbocycles. The van der Waals surface area contributed by atoms with Gasteiger partial charge in [-0.2, -0.15) is 0 Å². The van der Waals surface area contributed by atoms with Gasteiger partial charge in [-0.3, -0.25) is 0 Å². The van der Waals surface area contributed by atoms with E-state index in [1.807, 2.05) is 24.4 Å². The van der Waals surface area contributed by atoms with Crippen LogP contribution in [0.25, 0.3) is 10.6 Å². The van der Waals surface area contributed by atoms with E-state index in [0.29, 0.717) is 0 Å². The molecule has 3 rings (SSSR count). The number of aliphatic hydroxyl groups excluding tert-OH is 1. The molecule has 3 heterocycles. The zero-order chi connectivity index (χ0) is 16.9. The van der Waals surface area contributed by atoms with Gasteiger partial charge in [0, 0.05) is 25.7 Å². The van der Waals surface area contributed by atoms with Crippen molar-refractivity contribution in [3.8, 4) is 10.6 Å². The average Bonchev–Trinajstić information content (AvgIpc) is 3.19. The third-order valence-corrected chi connectivity index (χ3v) is 5.44. The van der Waals surface area contributed by atoms with Gasteiger partial charge in [0.25, 0.3) is 0 Å². The highest BCUT2D eigenvalue weighted by Crippen LogP contribution is 2.25. The van der Waals surface area contributed by atoms with Crippen molar-refractivity contribution in [2.75, 3.05) is 33.2 Å². The Kier molecular flexibility index (Phi) is 6.05. The Morgan fingerprint density at radius 2 is 2.25 bits per heavy atom. The third kappa shape index (κ3) is 4.89. The molecule has 0 radical (unpaired) electrons. The molecule has 0 unspecified atom stereocenters. The molecule has 1 N–H and O–H groups in total. The number of rotatable bonds is 7. The minimum Gasteiger partial charge on any atom is -0.392 e. The molecule has 2 aromatic rings. The van der Waals surface area contributed by atoms with Gasteiger partial charge in [-0.1, -0.05) is 11.2 Å². The Morgan fingerprint density at radius 3 is 2.92 bits per heavy atom. The molecule has 1 aliphatic heterocycles. The van der Waals surface area contributed by atoms with Crippen molar-refractivity contribution >= 4 is 11.3 Å². The van der Waals surface area contributed by atoms with Gasteiger partial charge in [0.1, 0.15) is 0 Å². The number of aliphatic hydroxyl groups is 1. The fraction of sp³-hybridized carbons (Fsp3) is 0.611. The van der Waals surface area contributed by atoms with Crippen molar-refractivity contribution in [2.24, 2.45) is 5.92 Å². The van der Waals surface area contributed by atoms with Gasteiger partial charge in [0.05, 0.1) is 16.7 Å². The molecule has 6 heteroatoms. The lowest BCUT2D eigenvalue weighted by Crippen LogP contribution is -2.40. The smallest absolute Gasteiger partial charge is 0.177 e. The van der Waals surface area contributed by atoms with Crippen LogP contribution in [-0.4, -0.2) is 59.4 Å². The van der Waals surface area contributed by atoms with Crippen LogP contribution in [0.4, 0.5) is 0 Å². The van der Waals surface area contributed by atoms with Gasteiger partial charge in [-0.15, -0.1) is 11.3 Å². The zero-order valence-corrected chi connectivity index (χ0v) is 15.3. The second kappa shape index (κ2) is 8.25. The zero-order valence-electron chi connectivity index (χ0n) is 14.5. The Morgan fingerprint density at radius 1 is 1.46 bits per heavy atom. The van der Waals surface area contributed by atoms with Crippen LogP contribution in [0.3, 0.4) is 0 Å². The van der Waals surface area contributed by atoms with Crippen molar-refractivity contribution in [3.63, 3.8) is 0 Å². The second-order valence-electron chi connectivity index (χ2n) is 6.95. The van der Waals surface area contributed by atoms with E-state index < -0.39 is 0 Å². The van der Waals surface area contributed by atoms with E-state index in [2.05, 4.69) is 28.1 Å². The average molecular weight is 350 g/mol. The fourth-order valence-corrected chi connectivity index (χ4v) is 4.10. The van der Waals surface area contributed by atoms with E-state index in [4.69, 9.17) is 4.52 Å². The van der Waals surface area contributed by atoms with Crippen molar-refractivity contribution in [1.82, 2.24) is 15.0 Å². The number of aromatic nitrogens is 1. The maximum Gasteiger partial charge on any atom is 0.177 e. The van der Waals surface area contributed by atoms with Gasteiger partial charge in [0.2, 0.25) is 0 Å². The summed E-state index contributed by atoms with van der Waals surface area (Å²) in [6.45, 7) is 6.76. The maximum atomic E-state index is 9.49. The molecule has 1 saturated heterocycles. The van der Waals surface area contributed by atoms with Crippen molar-refractivity contribution in [1.29, 1.82) is 0 Å². The molecule has 0 spiro atoms. The first-order valence-corrected chi connectivity index (χ1v) is 9.56. The molecule has 0 amide bonds. The summed E-state index contributed by atoms with van der Waals surface area (Å²) in [6.07, 6.45) is 2.18. The number of β-amino-alcohol motifs (C(OH)–C–C–N with tert-alkyl or cyclic N) is 1. The van der Waals surface area contributed by atoms with Crippen LogP contribution in [0.2, 0.25) is 0 Å². The predicted molar refractivity (Wildman–Crippen MR) is 97.0 cm³/mol. The SMILES string of the molecule is C[C@@H](O)CN1CCC(CN(C)Cc2cc(-c3cccs3)on2)CC1. The summed E-state index contributed by atoms with van der Waals surface area (Å²) >= 11 is 1.67. The molecule has 1 fully saturated rings. The molecule has 1 atom stereocenters. The van der Waals surface area contributed by atoms with Crippen LogP contribution >= 0.6 is 11.3 Å². The van der Waals surface area contributed by atoms with Gasteiger partial charge in [-0.25, -0.2) is 0 Å². The van der Waals surface area contributed by atoms with Crippen LogP contribution in [-0.2, 0) is 6.54 Å². The number of hydrogen-bond donors (Lipinski definition) is 1. The summed E-state index contributed by atoms with van der Waals surface area (Å²) in [5.41, 5.74) is 0.993. The monoisotopic (exact) mass is 349 g/mol. The lowest BCUT2D eigenvalue weighted by molar-refractivity contribution is 0.0917. The maximum absolute atomic E-state index is 9.49. The standard InChI is InChI=1S/C18H27N3O2S/c1-14(22)11-21-7-5-15(6-8-21)12-20(2)13-16-10-17(23-19-16)18-4-3-9-24-18/h3-4,9-10,14-15,22H,5-8,11-13H2,1-2H3/t14-/m1/s1. The van der Waals surface area contributed by atoms with Gasteiger partial charge >= 0.3 is 0 Å². The van der Waals surface area contributed by atoms with Crippen LogP contribution in [0.1, 0.15) is 25.5 Å². The van der Waals surface area contributed by atoms with Gasteiger partial charge in [0.15, 0.2) is 5.76 Å². The highest BCUT2D eigenvalue weighted by Gasteiger charge is 2.21. The first-order valence-electron chi connectivity index (χ1n) is 8.68. The summed E-state index contributed by atoms with van der Waals surface area (Å²) in [4.78, 5) is 5.83. The number of piperidine rings is 1. The first-order chi connectivity index (χ1) is 11.6. The van der Waals surface area contributed by atoms with E-state index in [1.54, 1.807) is 11.3 Å². The van der Waals surface area contributed by atoms with Crippen LogP contribution in [0.15, 0.2) is 28.1 Å². The van der Waals surface area contributed by atoms with E-state index in [0.717, 1.165) is 55.0 Å². The van der Waals surface area contributed by atoms with Gasteiger partial charge < -0.3 is 19.4 Å². The Balaban J connectivity index is 1.44. The summed E-state index contributed by atoms with van der Waals surface area (Å²) in [7, 11) is 2.15. The Hall–Kier alpha value is -1.21. The van der Waals surface area contributed by atoms with E-state index in [9.17, 15) is 5.11 Å². The molecule has 24 heavy (non-hydrogen) atoms. The number of thiophene rings is 1. The quantitative estimate of drug-likeness (QED) is 0.833. The van der Waals surface area contributed by atoms with E-state index >= 15 is 0 Å². The third-order valence-electron chi connectivity index (χ3n) is 4.55. The summed E-state index contributed by atoms with van der Waals surface area (Å²) in [5, 5.41) is 15.7. The second-order valence-corrected chi connectivity index (χ2v) is 7.90. The topological polar surface area (TPSA) is 52.7 Å².